The van der Waals surface area contributed by atoms with Crippen LogP contribution in [0.4, 0.5) is 0 Å². The van der Waals surface area contributed by atoms with Crippen LogP contribution in [0.1, 0.15) is 55.0 Å². The minimum Gasteiger partial charge on any atom is -0.481 e. The van der Waals surface area contributed by atoms with Crippen molar-refractivity contribution in [2.24, 2.45) is 11.8 Å². The summed E-state index contributed by atoms with van der Waals surface area (Å²) in [5, 5.41) is 26.1. The Morgan fingerprint density at radius 1 is 1.11 bits per heavy atom. The lowest BCUT2D eigenvalue weighted by atomic mass is 9.93. The third kappa shape index (κ3) is 4.99. The van der Waals surface area contributed by atoms with Crippen LogP contribution in [-0.2, 0) is 22.4 Å². The van der Waals surface area contributed by atoms with Gasteiger partial charge in [0.25, 0.3) is 0 Å². The summed E-state index contributed by atoms with van der Waals surface area (Å²) in [6.07, 6.45) is 0.867. The Labute approximate surface area is 207 Å². The van der Waals surface area contributed by atoms with Gasteiger partial charge in [0.15, 0.2) is 0 Å². The van der Waals surface area contributed by atoms with E-state index in [4.69, 9.17) is 4.74 Å². The van der Waals surface area contributed by atoms with Crippen LogP contribution < -0.4 is 5.32 Å². The number of benzene rings is 3. The zero-order valence-electron chi connectivity index (χ0n) is 20.7. The highest BCUT2D eigenvalue weighted by Gasteiger charge is 2.60. The van der Waals surface area contributed by atoms with Gasteiger partial charge in [-0.25, -0.2) is 0 Å². The minimum atomic E-state index is -0.693. The fraction of sp³-hybridized carbons (Fsp3) is 0.433. The van der Waals surface area contributed by atoms with E-state index in [0.717, 1.165) is 18.4 Å². The molecular weight excluding hydrogens is 438 g/mol. The zero-order chi connectivity index (χ0) is 24.7. The molecule has 0 aromatic heterocycles. The lowest BCUT2D eigenvalue weighted by Gasteiger charge is -2.28. The van der Waals surface area contributed by atoms with Crippen molar-refractivity contribution in [1.82, 2.24) is 5.32 Å². The molecule has 3 aromatic rings. The Morgan fingerprint density at radius 2 is 1.89 bits per heavy atom. The Hall–Kier alpha value is -2.73. The van der Waals surface area contributed by atoms with Gasteiger partial charge >= 0.3 is 5.97 Å². The van der Waals surface area contributed by atoms with E-state index in [0.29, 0.717) is 6.54 Å². The molecular formula is C30H35NO4. The van der Waals surface area contributed by atoms with Crippen LogP contribution in [0.2, 0.25) is 0 Å². The van der Waals surface area contributed by atoms with Crippen LogP contribution in [0.5, 0.6) is 0 Å². The van der Waals surface area contributed by atoms with Crippen molar-refractivity contribution in [1.29, 1.82) is 0 Å². The number of β-amino-alcohol motifs (C(OH)–C–C–N with tert-alkyl or cyclic N) is 1. The molecule has 0 spiro atoms. The van der Waals surface area contributed by atoms with E-state index in [2.05, 4.69) is 67.7 Å². The maximum Gasteiger partial charge on any atom is 0.307 e. The first-order valence-electron chi connectivity index (χ1n) is 12.6. The molecule has 0 bridgehead atoms. The number of rotatable bonds is 10. The Morgan fingerprint density at radius 3 is 2.66 bits per heavy atom. The average Bonchev–Trinajstić information content (AvgIpc) is 3.42. The number of carboxylic acid groups (broad SMARTS) is 1. The summed E-state index contributed by atoms with van der Waals surface area (Å²) < 4.78 is 6.07. The summed E-state index contributed by atoms with van der Waals surface area (Å²) in [7, 11) is 0. The van der Waals surface area contributed by atoms with Gasteiger partial charge in [-0.3, -0.25) is 4.79 Å². The number of ether oxygens (including phenoxy) is 1. The van der Waals surface area contributed by atoms with Crippen LogP contribution in [0.15, 0.2) is 60.7 Å². The predicted molar refractivity (Wildman–Crippen MR) is 138 cm³/mol. The highest BCUT2D eigenvalue weighted by molar-refractivity contribution is 5.83. The van der Waals surface area contributed by atoms with Crippen LogP contribution in [0.25, 0.3) is 10.8 Å². The average molecular weight is 474 g/mol. The summed E-state index contributed by atoms with van der Waals surface area (Å²) >= 11 is 0. The van der Waals surface area contributed by atoms with Crippen molar-refractivity contribution >= 4 is 16.7 Å². The van der Waals surface area contributed by atoms with Crippen molar-refractivity contribution in [2.75, 3.05) is 13.2 Å². The molecule has 1 saturated carbocycles. The van der Waals surface area contributed by atoms with Gasteiger partial charge in [0.1, 0.15) is 0 Å². The van der Waals surface area contributed by atoms with Crippen molar-refractivity contribution in [3.63, 3.8) is 0 Å². The second kappa shape index (κ2) is 9.38. The molecule has 5 atom stereocenters. The molecule has 2 aliphatic carbocycles. The van der Waals surface area contributed by atoms with Crippen molar-refractivity contribution in [3.8, 4) is 0 Å². The van der Waals surface area contributed by atoms with Crippen LogP contribution in [0, 0.1) is 11.8 Å². The van der Waals surface area contributed by atoms with E-state index >= 15 is 0 Å². The Bertz CT molecular complexity index is 1240. The smallest absolute Gasteiger partial charge is 0.307 e. The molecule has 0 heterocycles. The maximum atomic E-state index is 11.5. The van der Waals surface area contributed by atoms with Gasteiger partial charge in [0.05, 0.1) is 24.7 Å². The monoisotopic (exact) mass is 473 g/mol. The van der Waals surface area contributed by atoms with E-state index in [1.54, 1.807) is 0 Å². The standard InChI is InChI=1S/C30H35NO4/c1-18(24-10-6-9-22-14-25-27(26(22)24)28(25)29(33)34)35-17-23(32)16-31-30(2,3)15-19-11-12-20-7-4-5-8-21(20)13-19/h4-13,18,23,25,27-28,31-32H,14-17H2,1-3H3,(H,33,34)/t18-,23?,25+,27+,28-/m1/s1. The molecule has 5 heteroatoms. The van der Waals surface area contributed by atoms with E-state index in [1.807, 2.05) is 19.1 Å². The fourth-order valence-electron chi connectivity index (χ4n) is 5.90. The molecule has 5 nitrogen and oxygen atoms in total. The maximum absolute atomic E-state index is 11.5. The minimum absolute atomic E-state index is 0.118. The van der Waals surface area contributed by atoms with Crippen molar-refractivity contribution < 1.29 is 19.7 Å². The zero-order valence-corrected chi connectivity index (χ0v) is 20.7. The van der Waals surface area contributed by atoms with Gasteiger partial charge in [-0.2, -0.15) is 0 Å². The molecule has 5 rings (SSSR count). The summed E-state index contributed by atoms with van der Waals surface area (Å²) in [5.41, 5.74) is 4.57. The molecule has 3 N–H and O–H groups in total. The lowest BCUT2D eigenvalue weighted by molar-refractivity contribution is -0.139. The van der Waals surface area contributed by atoms with Crippen molar-refractivity contribution in [3.05, 3.63) is 82.9 Å². The van der Waals surface area contributed by atoms with Gasteiger partial charge in [-0.15, -0.1) is 0 Å². The topological polar surface area (TPSA) is 78.8 Å². The molecule has 1 unspecified atom stereocenters. The third-order valence-corrected chi connectivity index (χ3v) is 7.73. The predicted octanol–water partition coefficient (Wildman–Crippen LogP) is 4.86. The number of aliphatic carboxylic acids is 1. The van der Waals surface area contributed by atoms with Crippen molar-refractivity contribution in [2.45, 2.75) is 57.3 Å². The highest BCUT2D eigenvalue weighted by atomic mass is 16.5. The van der Waals surface area contributed by atoms with Gasteiger partial charge < -0.3 is 20.3 Å². The quantitative estimate of drug-likeness (QED) is 0.392. The molecule has 0 radical (unpaired) electrons. The second-order valence-corrected chi connectivity index (χ2v) is 10.9. The number of fused-ring (bicyclic) bond motifs is 4. The number of aliphatic hydroxyl groups excluding tert-OH is 1. The fourth-order valence-corrected chi connectivity index (χ4v) is 5.90. The van der Waals surface area contributed by atoms with E-state index in [9.17, 15) is 15.0 Å². The van der Waals surface area contributed by atoms with Gasteiger partial charge in [-0.1, -0.05) is 60.7 Å². The number of aliphatic hydroxyl groups is 1. The van der Waals surface area contributed by atoms with Crippen LogP contribution >= 0.6 is 0 Å². The number of hydrogen-bond donors (Lipinski definition) is 3. The van der Waals surface area contributed by atoms with Gasteiger partial charge in [-0.05, 0) is 72.6 Å². The highest BCUT2D eigenvalue weighted by Crippen LogP contribution is 2.62. The largest absolute Gasteiger partial charge is 0.481 e. The Kier molecular flexibility index (Phi) is 6.43. The van der Waals surface area contributed by atoms with E-state index in [-0.39, 0.29) is 36.0 Å². The number of carboxylic acids is 1. The molecule has 184 valence electrons. The van der Waals surface area contributed by atoms with Gasteiger partial charge in [0.2, 0.25) is 0 Å². The van der Waals surface area contributed by atoms with Crippen LogP contribution in [-0.4, -0.2) is 41.0 Å². The Balaban J connectivity index is 1.14. The third-order valence-electron chi connectivity index (χ3n) is 7.73. The second-order valence-electron chi connectivity index (χ2n) is 10.9. The van der Waals surface area contributed by atoms with Crippen LogP contribution in [0.3, 0.4) is 0 Å². The number of nitrogens with one attached hydrogen (secondary N) is 1. The molecule has 0 saturated heterocycles. The summed E-state index contributed by atoms with van der Waals surface area (Å²) in [5.74, 6) is -0.597. The molecule has 35 heavy (non-hydrogen) atoms. The molecule has 0 amide bonds. The van der Waals surface area contributed by atoms with E-state index < -0.39 is 12.1 Å². The molecule has 2 aliphatic rings. The summed E-state index contributed by atoms with van der Waals surface area (Å²) in [6, 6.07) is 21.1. The summed E-state index contributed by atoms with van der Waals surface area (Å²) in [6.45, 7) is 6.95. The number of hydrogen-bond acceptors (Lipinski definition) is 4. The SMILES string of the molecule is C[C@@H](OCC(O)CNC(C)(C)Cc1ccc2ccccc2c1)c1cccc2c1[C@@H]1[C@H](C2)[C@H]1C(=O)O. The molecule has 0 aliphatic heterocycles. The van der Waals surface area contributed by atoms with Gasteiger partial charge in [0, 0.05) is 18.0 Å². The summed E-state index contributed by atoms with van der Waals surface area (Å²) in [4.78, 5) is 11.5. The first-order chi connectivity index (χ1) is 16.7. The molecule has 1 fully saturated rings. The molecule has 3 aromatic carbocycles. The normalized spacial score (nSPS) is 22.5. The van der Waals surface area contributed by atoms with E-state index in [1.165, 1.54) is 27.5 Å². The lowest BCUT2D eigenvalue weighted by Crippen LogP contribution is -2.46. The first kappa shape index (κ1) is 24.0. The number of carbonyl (C=O) groups is 1. The first-order valence-corrected chi connectivity index (χ1v) is 12.6.